The number of nitrogens with zero attached hydrogens (tertiary/aromatic N) is 4. The number of hydrogen-bond acceptors (Lipinski definition) is 4. The van der Waals surface area contributed by atoms with E-state index in [0.29, 0.717) is 12.5 Å². The highest BCUT2D eigenvalue weighted by molar-refractivity contribution is 5.76. The summed E-state index contributed by atoms with van der Waals surface area (Å²) in [6.45, 7) is 4.63. The molecule has 0 unspecified atom stereocenters. The van der Waals surface area contributed by atoms with Crippen LogP contribution in [0, 0.1) is 0 Å². The fourth-order valence-corrected chi connectivity index (χ4v) is 3.72. The number of carbonyl (C=O) groups is 1. The zero-order chi connectivity index (χ0) is 16.1. The third-order valence-corrected chi connectivity index (χ3v) is 5.20. The molecule has 1 aromatic heterocycles. The standard InChI is InChI=1S/C17H28N4O2/c22-16-5-11-20(12-6-16)15-3-9-21(10-4-15)17(23)2-1-8-19-13-7-18-14-19/h7,13-16,22H,1-6,8-12H2. The van der Waals surface area contributed by atoms with E-state index in [0.717, 1.165) is 64.8 Å². The van der Waals surface area contributed by atoms with Crippen LogP contribution in [0.5, 0.6) is 0 Å². The third-order valence-electron chi connectivity index (χ3n) is 5.20. The van der Waals surface area contributed by atoms with Gasteiger partial charge in [-0.2, -0.15) is 0 Å². The highest BCUT2D eigenvalue weighted by atomic mass is 16.3. The average molecular weight is 320 g/mol. The number of likely N-dealkylation sites (tertiary alicyclic amines) is 2. The van der Waals surface area contributed by atoms with Gasteiger partial charge in [0, 0.05) is 57.6 Å². The van der Waals surface area contributed by atoms with E-state index in [-0.39, 0.29) is 12.0 Å². The summed E-state index contributed by atoms with van der Waals surface area (Å²) in [6, 6.07) is 0.595. The Morgan fingerprint density at radius 2 is 1.87 bits per heavy atom. The quantitative estimate of drug-likeness (QED) is 0.883. The molecule has 0 radical (unpaired) electrons. The van der Waals surface area contributed by atoms with Crippen LogP contribution in [0.2, 0.25) is 0 Å². The monoisotopic (exact) mass is 320 g/mol. The maximum absolute atomic E-state index is 12.3. The molecule has 6 heteroatoms. The van der Waals surface area contributed by atoms with E-state index in [4.69, 9.17) is 0 Å². The lowest BCUT2D eigenvalue weighted by atomic mass is 9.98. The molecule has 1 amide bonds. The largest absolute Gasteiger partial charge is 0.393 e. The zero-order valence-electron chi connectivity index (χ0n) is 13.8. The van der Waals surface area contributed by atoms with E-state index >= 15 is 0 Å². The van der Waals surface area contributed by atoms with Crippen LogP contribution in [0.25, 0.3) is 0 Å². The molecule has 0 aliphatic carbocycles. The van der Waals surface area contributed by atoms with Gasteiger partial charge in [0.05, 0.1) is 12.4 Å². The van der Waals surface area contributed by atoms with Gasteiger partial charge in [-0.25, -0.2) is 4.98 Å². The number of piperidine rings is 2. The summed E-state index contributed by atoms with van der Waals surface area (Å²) >= 11 is 0. The van der Waals surface area contributed by atoms with Gasteiger partial charge >= 0.3 is 0 Å². The number of aryl methyl sites for hydroxylation is 1. The number of aromatic nitrogens is 2. The van der Waals surface area contributed by atoms with E-state index in [1.807, 2.05) is 15.7 Å². The van der Waals surface area contributed by atoms with Crippen LogP contribution in [0.15, 0.2) is 18.7 Å². The molecular formula is C17H28N4O2. The van der Waals surface area contributed by atoms with Gasteiger partial charge in [0.2, 0.25) is 5.91 Å². The highest BCUT2D eigenvalue weighted by Crippen LogP contribution is 2.21. The first kappa shape index (κ1) is 16.5. The molecule has 6 nitrogen and oxygen atoms in total. The Kier molecular flexibility index (Phi) is 5.67. The van der Waals surface area contributed by atoms with E-state index < -0.39 is 0 Å². The Morgan fingerprint density at radius 3 is 2.52 bits per heavy atom. The molecule has 1 N–H and O–H groups in total. The van der Waals surface area contributed by atoms with Crippen molar-refractivity contribution in [3.63, 3.8) is 0 Å². The van der Waals surface area contributed by atoms with Crippen LogP contribution in [0.4, 0.5) is 0 Å². The van der Waals surface area contributed by atoms with Gasteiger partial charge in [0.1, 0.15) is 0 Å². The van der Waals surface area contributed by atoms with Crippen LogP contribution >= 0.6 is 0 Å². The topological polar surface area (TPSA) is 61.6 Å². The van der Waals surface area contributed by atoms with E-state index in [2.05, 4.69) is 9.88 Å². The van der Waals surface area contributed by atoms with Gasteiger partial charge in [-0.05, 0) is 32.1 Å². The van der Waals surface area contributed by atoms with Crippen molar-refractivity contribution in [2.45, 2.75) is 57.2 Å². The smallest absolute Gasteiger partial charge is 0.222 e. The Bertz CT molecular complexity index is 475. The molecule has 128 valence electrons. The van der Waals surface area contributed by atoms with Crippen LogP contribution in [0.1, 0.15) is 38.5 Å². The average Bonchev–Trinajstić information content (AvgIpc) is 3.09. The molecule has 2 aliphatic rings. The predicted molar refractivity (Wildman–Crippen MR) is 87.9 cm³/mol. The van der Waals surface area contributed by atoms with Gasteiger partial charge in [-0.3, -0.25) is 4.79 Å². The third kappa shape index (κ3) is 4.54. The molecule has 0 saturated carbocycles. The molecular weight excluding hydrogens is 292 g/mol. The maximum atomic E-state index is 12.3. The Morgan fingerprint density at radius 1 is 1.13 bits per heavy atom. The second-order valence-electron chi connectivity index (χ2n) is 6.78. The number of carbonyl (C=O) groups excluding carboxylic acids is 1. The maximum Gasteiger partial charge on any atom is 0.222 e. The lowest BCUT2D eigenvalue weighted by molar-refractivity contribution is -0.133. The minimum absolute atomic E-state index is 0.108. The van der Waals surface area contributed by atoms with Gasteiger partial charge in [-0.1, -0.05) is 0 Å². The number of aliphatic hydroxyl groups excluding tert-OH is 1. The molecule has 0 aromatic carbocycles. The number of rotatable bonds is 5. The highest BCUT2D eigenvalue weighted by Gasteiger charge is 2.28. The van der Waals surface area contributed by atoms with Crippen LogP contribution in [-0.4, -0.2) is 68.7 Å². The van der Waals surface area contributed by atoms with Crippen molar-refractivity contribution in [1.29, 1.82) is 0 Å². The van der Waals surface area contributed by atoms with Gasteiger partial charge in [0.25, 0.3) is 0 Å². The van der Waals surface area contributed by atoms with Crippen molar-refractivity contribution < 1.29 is 9.90 Å². The minimum atomic E-state index is -0.108. The van der Waals surface area contributed by atoms with Gasteiger partial charge < -0.3 is 19.5 Å². The fraction of sp³-hybridized carbons (Fsp3) is 0.765. The molecule has 0 bridgehead atoms. The van der Waals surface area contributed by atoms with Crippen LogP contribution in [-0.2, 0) is 11.3 Å². The van der Waals surface area contributed by atoms with Crippen molar-refractivity contribution in [2.24, 2.45) is 0 Å². The second-order valence-corrected chi connectivity index (χ2v) is 6.78. The zero-order valence-corrected chi connectivity index (χ0v) is 13.8. The second kappa shape index (κ2) is 7.93. The normalized spacial score (nSPS) is 21.7. The number of hydrogen-bond donors (Lipinski definition) is 1. The first-order valence-electron chi connectivity index (χ1n) is 8.88. The van der Waals surface area contributed by atoms with Crippen molar-refractivity contribution >= 4 is 5.91 Å². The predicted octanol–water partition coefficient (Wildman–Crippen LogP) is 1.11. The van der Waals surface area contributed by atoms with Crippen molar-refractivity contribution in [3.05, 3.63) is 18.7 Å². The number of aliphatic hydroxyl groups is 1. The molecule has 0 spiro atoms. The van der Waals surface area contributed by atoms with Crippen molar-refractivity contribution in [3.8, 4) is 0 Å². The van der Waals surface area contributed by atoms with E-state index in [1.165, 1.54) is 0 Å². The lowest BCUT2D eigenvalue weighted by Crippen LogP contribution is -2.49. The molecule has 2 fully saturated rings. The lowest BCUT2D eigenvalue weighted by Gasteiger charge is -2.41. The molecule has 1 aromatic rings. The first-order chi connectivity index (χ1) is 11.2. The molecule has 2 saturated heterocycles. The Balaban J connectivity index is 1.35. The summed E-state index contributed by atoms with van der Waals surface area (Å²) in [4.78, 5) is 20.9. The van der Waals surface area contributed by atoms with E-state index in [1.54, 1.807) is 12.5 Å². The summed E-state index contributed by atoms with van der Waals surface area (Å²) in [7, 11) is 0. The summed E-state index contributed by atoms with van der Waals surface area (Å²) in [5.74, 6) is 0.289. The number of imidazole rings is 1. The van der Waals surface area contributed by atoms with Crippen LogP contribution < -0.4 is 0 Å². The van der Waals surface area contributed by atoms with Gasteiger partial charge in [-0.15, -0.1) is 0 Å². The molecule has 3 heterocycles. The summed E-state index contributed by atoms with van der Waals surface area (Å²) < 4.78 is 2.02. The van der Waals surface area contributed by atoms with Crippen LogP contribution in [0.3, 0.4) is 0 Å². The molecule has 2 aliphatic heterocycles. The summed E-state index contributed by atoms with van der Waals surface area (Å²) in [5, 5.41) is 9.61. The minimum Gasteiger partial charge on any atom is -0.393 e. The Hall–Kier alpha value is -1.40. The number of amides is 1. The molecule has 0 atom stereocenters. The Labute approximate surface area is 138 Å². The van der Waals surface area contributed by atoms with Crippen molar-refractivity contribution in [2.75, 3.05) is 26.2 Å². The van der Waals surface area contributed by atoms with Gasteiger partial charge in [0.15, 0.2) is 0 Å². The molecule has 3 rings (SSSR count). The van der Waals surface area contributed by atoms with Crippen molar-refractivity contribution in [1.82, 2.24) is 19.4 Å². The summed E-state index contributed by atoms with van der Waals surface area (Å²) in [5.41, 5.74) is 0. The van der Waals surface area contributed by atoms with E-state index in [9.17, 15) is 9.90 Å². The first-order valence-corrected chi connectivity index (χ1v) is 8.88. The molecule has 23 heavy (non-hydrogen) atoms. The summed E-state index contributed by atoms with van der Waals surface area (Å²) in [6.07, 6.45) is 10.8. The SMILES string of the molecule is O=C(CCCn1ccnc1)N1CCC(N2CCC(O)CC2)CC1. The fourth-order valence-electron chi connectivity index (χ4n) is 3.72.